The van der Waals surface area contributed by atoms with E-state index in [1.54, 1.807) is 0 Å². The van der Waals surface area contributed by atoms with Crippen LogP contribution in [0.15, 0.2) is 47.1 Å². The van der Waals surface area contributed by atoms with Gasteiger partial charge in [-0.3, -0.25) is 4.79 Å². The number of hydrogen-bond donors (Lipinski definition) is 1. The van der Waals surface area contributed by atoms with Crippen LogP contribution in [0.2, 0.25) is 0 Å². The van der Waals surface area contributed by atoms with Gasteiger partial charge in [0.25, 0.3) is 0 Å². The summed E-state index contributed by atoms with van der Waals surface area (Å²) in [6, 6.07) is 10.4. The first-order valence-corrected chi connectivity index (χ1v) is 13.1. The molecular formula is C29H45N3O2. The van der Waals surface area contributed by atoms with Crippen molar-refractivity contribution in [2.45, 2.75) is 93.4 Å². The maximum Gasteiger partial charge on any atom is 0.226 e. The van der Waals surface area contributed by atoms with Crippen LogP contribution in [0.4, 0.5) is 5.69 Å². The molecule has 34 heavy (non-hydrogen) atoms. The Hall–Kier alpha value is -2.74. The zero-order valence-electron chi connectivity index (χ0n) is 22.6. The second-order valence-electron chi connectivity index (χ2n) is 8.67. The summed E-state index contributed by atoms with van der Waals surface area (Å²) in [7, 11) is 0. The summed E-state index contributed by atoms with van der Waals surface area (Å²) in [6.45, 7) is 17.3. The third-order valence-electron chi connectivity index (χ3n) is 6.32. The van der Waals surface area contributed by atoms with E-state index in [1.807, 2.05) is 63.8 Å². The zero-order valence-corrected chi connectivity index (χ0v) is 22.6. The van der Waals surface area contributed by atoms with Crippen LogP contribution in [0.25, 0.3) is 0 Å². The molecule has 1 aromatic rings. The molecule has 5 heteroatoms. The summed E-state index contributed by atoms with van der Waals surface area (Å²) in [5, 5.41) is 9.90. The van der Waals surface area contributed by atoms with Gasteiger partial charge in [0.15, 0.2) is 0 Å². The number of hydrogen-bond acceptors (Lipinski definition) is 4. The molecule has 3 rings (SSSR count). The van der Waals surface area contributed by atoms with Crippen molar-refractivity contribution in [3.8, 4) is 6.07 Å². The molecule has 1 saturated heterocycles. The molecule has 2 unspecified atom stereocenters. The van der Waals surface area contributed by atoms with Crippen LogP contribution in [0.3, 0.4) is 0 Å². The summed E-state index contributed by atoms with van der Waals surface area (Å²) < 4.78 is 5.83. The molecule has 188 valence electrons. The highest BCUT2D eigenvalue weighted by Crippen LogP contribution is 2.46. The highest BCUT2D eigenvalue weighted by atomic mass is 16.5. The number of nitrogens with zero attached hydrogens (tertiary/aromatic N) is 2. The minimum absolute atomic E-state index is 0.182. The molecule has 2 atom stereocenters. The average molecular weight is 468 g/mol. The smallest absolute Gasteiger partial charge is 0.226 e. The number of ether oxygens (including phenoxy) is 1. The number of rotatable bonds is 6. The Morgan fingerprint density at radius 3 is 2.26 bits per heavy atom. The van der Waals surface area contributed by atoms with Gasteiger partial charge in [0.05, 0.1) is 0 Å². The molecule has 2 N–H and O–H groups in total. The van der Waals surface area contributed by atoms with E-state index in [2.05, 4.69) is 26.8 Å². The molecule has 0 radical (unpaired) electrons. The number of anilines is 1. The molecule has 2 heterocycles. The van der Waals surface area contributed by atoms with E-state index in [0.717, 1.165) is 54.8 Å². The lowest BCUT2D eigenvalue weighted by atomic mass is 9.72. The standard InChI is InChI=1S/C25H33N3O2.2C2H6/c1-5-8-20(16(2)3)23-17(4)30-25(27)21(15-26)24(23)18-10-12-19(13-11-18)28-14-7-6-9-22(28)29;2*1-2/h10-13,16,20,24H,5-9,14,27H2,1-4H3;2*1-2H3. The van der Waals surface area contributed by atoms with Crippen molar-refractivity contribution in [3.63, 3.8) is 0 Å². The zero-order chi connectivity index (χ0) is 25.8. The van der Waals surface area contributed by atoms with Gasteiger partial charge in [-0.15, -0.1) is 0 Å². The Kier molecular flexibility index (Phi) is 12.5. The second kappa shape index (κ2) is 14.5. The molecular weight excluding hydrogens is 422 g/mol. The molecule has 2 aliphatic rings. The quantitative estimate of drug-likeness (QED) is 0.472. The third-order valence-corrected chi connectivity index (χ3v) is 6.32. The number of carbonyl (C=O) groups excluding carboxylic acids is 1. The summed E-state index contributed by atoms with van der Waals surface area (Å²) in [5.74, 6) is 1.69. The van der Waals surface area contributed by atoms with Crippen LogP contribution in [0.5, 0.6) is 0 Å². The molecule has 1 fully saturated rings. The van der Waals surface area contributed by atoms with Gasteiger partial charge in [0, 0.05) is 24.6 Å². The first-order chi connectivity index (χ1) is 16.4. The Bertz CT molecular complexity index is 891. The van der Waals surface area contributed by atoms with Crippen molar-refractivity contribution in [1.29, 1.82) is 5.26 Å². The number of piperidine rings is 1. The maximum atomic E-state index is 12.3. The number of allylic oxidation sites excluding steroid dienone is 3. The maximum absolute atomic E-state index is 12.3. The summed E-state index contributed by atoms with van der Waals surface area (Å²) >= 11 is 0. The van der Waals surface area contributed by atoms with E-state index in [4.69, 9.17) is 10.5 Å². The lowest BCUT2D eigenvalue weighted by Crippen LogP contribution is -2.35. The fourth-order valence-corrected chi connectivity index (χ4v) is 4.81. The predicted octanol–water partition coefficient (Wildman–Crippen LogP) is 7.41. The van der Waals surface area contributed by atoms with Crippen molar-refractivity contribution < 1.29 is 9.53 Å². The lowest BCUT2D eigenvalue weighted by Gasteiger charge is -2.35. The highest BCUT2D eigenvalue weighted by Gasteiger charge is 2.36. The molecule has 2 aliphatic heterocycles. The molecule has 5 nitrogen and oxygen atoms in total. The van der Waals surface area contributed by atoms with E-state index in [1.165, 1.54) is 0 Å². The van der Waals surface area contributed by atoms with Gasteiger partial charge in [-0.05, 0) is 61.3 Å². The molecule has 0 spiro atoms. The fraction of sp³-hybridized carbons (Fsp3) is 0.586. The minimum Gasteiger partial charge on any atom is -0.445 e. The highest BCUT2D eigenvalue weighted by molar-refractivity contribution is 5.94. The van der Waals surface area contributed by atoms with Gasteiger partial charge in [-0.2, -0.15) is 5.26 Å². The monoisotopic (exact) mass is 467 g/mol. The largest absolute Gasteiger partial charge is 0.445 e. The Labute approximate surface area is 207 Å². The fourth-order valence-electron chi connectivity index (χ4n) is 4.81. The molecule has 1 aromatic carbocycles. The van der Waals surface area contributed by atoms with Crippen molar-refractivity contribution >= 4 is 11.6 Å². The van der Waals surface area contributed by atoms with Crippen LogP contribution in [0, 0.1) is 23.2 Å². The van der Waals surface area contributed by atoms with Crippen LogP contribution in [0.1, 0.15) is 99.0 Å². The van der Waals surface area contributed by atoms with E-state index >= 15 is 0 Å². The first kappa shape index (κ1) is 29.3. The topological polar surface area (TPSA) is 79.3 Å². The summed E-state index contributed by atoms with van der Waals surface area (Å²) in [6.07, 6.45) is 4.70. The Morgan fingerprint density at radius 2 is 1.76 bits per heavy atom. The van der Waals surface area contributed by atoms with E-state index in [-0.39, 0.29) is 17.7 Å². The number of amides is 1. The molecule has 0 saturated carbocycles. The number of benzene rings is 1. The average Bonchev–Trinajstić information content (AvgIpc) is 2.85. The van der Waals surface area contributed by atoms with Crippen LogP contribution in [-0.2, 0) is 9.53 Å². The lowest BCUT2D eigenvalue weighted by molar-refractivity contribution is -0.119. The molecule has 0 aliphatic carbocycles. The number of carbonyl (C=O) groups is 1. The van der Waals surface area contributed by atoms with E-state index in [9.17, 15) is 10.1 Å². The van der Waals surface area contributed by atoms with Gasteiger partial charge in [0.1, 0.15) is 17.4 Å². The number of nitriles is 1. The third kappa shape index (κ3) is 6.65. The summed E-state index contributed by atoms with van der Waals surface area (Å²) in [5.41, 5.74) is 9.69. The second-order valence-corrected chi connectivity index (χ2v) is 8.67. The van der Waals surface area contributed by atoms with Gasteiger partial charge >= 0.3 is 0 Å². The van der Waals surface area contributed by atoms with Crippen molar-refractivity contribution in [3.05, 3.63) is 52.6 Å². The van der Waals surface area contributed by atoms with E-state index < -0.39 is 0 Å². The Balaban J connectivity index is 0.00000137. The predicted molar refractivity (Wildman–Crippen MR) is 142 cm³/mol. The summed E-state index contributed by atoms with van der Waals surface area (Å²) in [4.78, 5) is 14.2. The normalized spacial score (nSPS) is 18.9. The van der Waals surface area contributed by atoms with Crippen molar-refractivity contribution in [1.82, 2.24) is 0 Å². The van der Waals surface area contributed by atoms with Crippen molar-refractivity contribution in [2.75, 3.05) is 11.4 Å². The minimum atomic E-state index is -0.214. The van der Waals surface area contributed by atoms with Gasteiger partial charge in [-0.25, -0.2) is 0 Å². The van der Waals surface area contributed by atoms with Crippen molar-refractivity contribution in [2.24, 2.45) is 17.6 Å². The SMILES string of the molecule is CC.CC.CCCC(C1=C(C)OC(N)=C(C#N)C1c1ccc(N2CCCCC2=O)cc1)C(C)C. The van der Waals surface area contributed by atoms with Gasteiger partial charge in [0.2, 0.25) is 11.8 Å². The van der Waals surface area contributed by atoms with Gasteiger partial charge < -0.3 is 15.4 Å². The molecule has 1 amide bonds. The van der Waals surface area contributed by atoms with Gasteiger partial charge in [-0.1, -0.05) is 67.0 Å². The Morgan fingerprint density at radius 1 is 1.15 bits per heavy atom. The number of nitrogens with two attached hydrogens (primary N) is 1. The van der Waals surface area contributed by atoms with Crippen LogP contribution < -0.4 is 10.6 Å². The van der Waals surface area contributed by atoms with E-state index in [0.29, 0.717) is 23.8 Å². The first-order valence-electron chi connectivity index (χ1n) is 13.1. The van der Waals surface area contributed by atoms with Crippen LogP contribution in [-0.4, -0.2) is 12.5 Å². The molecule has 0 aromatic heterocycles. The van der Waals surface area contributed by atoms with Crippen LogP contribution >= 0.6 is 0 Å². The molecule has 0 bridgehead atoms.